The Balaban J connectivity index is 2.09. The van der Waals surface area contributed by atoms with Crippen LogP contribution >= 0.6 is 0 Å². The van der Waals surface area contributed by atoms with E-state index in [-0.39, 0.29) is 29.2 Å². The molecule has 0 amide bonds. The van der Waals surface area contributed by atoms with Crippen molar-refractivity contribution in [2.75, 3.05) is 0 Å². The van der Waals surface area contributed by atoms with Crippen LogP contribution < -0.4 is 5.56 Å². The first-order chi connectivity index (χ1) is 11.3. The lowest BCUT2D eigenvalue weighted by Gasteiger charge is -2.12. The Hall–Kier alpha value is -2.64. The molecule has 0 fully saturated rings. The van der Waals surface area contributed by atoms with Gasteiger partial charge in [0.25, 0.3) is 5.56 Å². The van der Waals surface area contributed by atoms with Crippen molar-refractivity contribution in [2.45, 2.75) is 32.4 Å². The average molecular weight is 336 g/mol. The molecular formula is C16H15F3N4O. The van der Waals surface area contributed by atoms with Gasteiger partial charge in [0, 0.05) is 6.42 Å². The minimum atomic E-state index is -4.46. The lowest BCUT2D eigenvalue weighted by Crippen LogP contribution is -2.14. The molecule has 0 spiro atoms. The van der Waals surface area contributed by atoms with E-state index < -0.39 is 17.3 Å². The molecule has 0 aliphatic carbocycles. The zero-order valence-corrected chi connectivity index (χ0v) is 13.0. The van der Waals surface area contributed by atoms with Crippen LogP contribution in [0.25, 0.3) is 11.0 Å². The van der Waals surface area contributed by atoms with Crippen LogP contribution in [0.15, 0.2) is 29.1 Å². The number of aromatic nitrogens is 4. The fourth-order valence-electron chi connectivity index (χ4n) is 2.59. The smallest absolute Gasteiger partial charge is 0.308 e. The van der Waals surface area contributed by atoms with E-state index in [0.717, 1.165) is 6.07 Å². The monoisotopic (exact) mass is 336 g/mol. The third kappa shape index (κ3) is 2.91. The van der Waals surface area contributed by atoms with E-state index in [4.69, 9.17) is 0 Å². The zero-order valence-electron chi connectivity index (χ0n) is 13.0. The predicted molar refractivity (Wildman–Crippen MR) is 82.8 cm³/mol. The molecule has 3 rings (SSSR count). The quantitative estimate of drug-likeness (QED) is 0.770. The van der Waals surface area contributed by atoms with Gasteiger partial charge in [0.2, 0.25) is 0 Å². The van der Waals surface area contributed by atoms with Crippen LogP contribution in [-0.2, 0) is 12.6 Å². The van der Waals surface area contributed by atoms with E-state index in [2.05, 4.69) is 20.2 Å². The van der Waals surface area contributed by atoms with Crippen molar-refractivity contribution in [3.8, 4) is 0 Å². The van der Waals surface area contributed by atoms with Crippen LogP contribution in [0.3, 0.4) is 0 Å². The van der Waals surface area contributed by atoms with Crippen molar-refractivity contribution < 1.29 is 13.2 Å². The Bertz CT molecular complexity index is 940. The number of H-pyrrole nitrogens is 2. The normalized spacial score (nSPS) is 12.2. The van der Waals surface area contributed by atoms with Gasteiger partial charge in [0.1, 0.15) is 11.3 Å². The van der Waals surface area contributed by atoms with E-state index in [0.29, 0.717) is 11.2 Å². The van der Waals surface area contributed by atoms with Crippen molar-refractivity contribution >= 4 is 11.0 Å². The molecule has 8 heteroatoms. The predicted octanol–water partition coefficient (Wildman–Crippen LogP) is 3.38. The van der Waals surface area contributed by atoms with Gasteiger partial charge < -0.3 is 4.98 Å². The third-order valence-electron chi connectivity index (χ3n) is 3.75. The number of alkyl halides is 3. The molecule has 0 aliphatic rings. The molecule has 2 aromatic heterocycles. The summed E-state index contributed by atoms with van der Waals surface area (Å²) >= 11 is 0. The largest absolute Gasteiger partial charge is 0.416 e. The Morgan fingerprint density at radius 3 is 2.54 bits per heavy atom. The highest BCUT2D eigenvalue weighted by atomic mass is 19.4. The standard InChI is InChI=1S/C16H15F3N4O/c1-8(2)12-13-14(23-22-12)15(24)21-11(20-13)7-9-5-3-4-6-10(9)16(17,18)19/h3-6,8H,7H2,1-2H3,(H,22,23)(H,20,21,24). The molecule has 0 unspecified atom stereocenters. The lowest BCUT2D eigenvalue weighted by atomic mass is 10.0. The van der Waals surface area contributed by atoms with Crippen LogP contribution in [0.2, 0.25) is 0 Å². The zero-order chi connectivity index (χ0) is 17.5. The maximum absolute atomic E-state index is 13.1. The number of halogens is 3. The number of hydrogen-bond donors (Lipinski definition) is 2. The van der Waals surface area contributed by atoms with Gasteiger partial charge in [-0.1, -0.05) is 32.0 Å². The van der Waals surface area contributed by atoms with Gasteiger partial charge in [0.15, 0.2) is 5.52 Å². The molecule has 0 aliphatic heterocycles. The summed E-state index contributed by atoms with van der Waals surface area (Å²) in [4.78, 5) is 18.9. The summed E-state index contributed by atoms with van der Waals surface area (Å²) in [6, 6.07) is 5.26. The number of aromatic amines is 2. The highest BCUT2D eigenvalue weighted by molar-refractivity contribution is 5.76. The van der Waals surface area contributed by atoms with Gasteiger partial charge in [-0.3, -0.25) is 9.89 Å². The van der Waals surface area contributed by atoms with Crippen LogP contribution in [0, 0.1) is 0 Å². The highest BCUT2D eigenvalue weighted by Crippen LogP contribution is 2.32. The second-order valence-electron chi connectivity index (χ2n) is 5.83. The number of nitrogens with zero attached hydrogens (tertiary/aromatic N) is 2. The van der Waals surface area contributed by atoms with E-state index >= 15 is 0 Å². The van der Waals surface area contributed by atoms with Gasteiger partial charge in [-0.05, 0) is 17.5 Å². The number of fused-ring (bicyclic) bond motifs is 1. The summed E-state index contributed by atoms with van der Waals surface area (Å²) in [5.74, 6) is 0.229. The molecule has 0 atom stereocenters. The molecule has 0 radical (unpaired) electrons. The minimum Gasteiger partial charge on any atom is -0.308 e. The van der Waals surface area contributed by atoms with Crippen LogP contribution in [0.4, 0.5) is 13.2 Å². The molecule has 126 valence electrons. The minimum absolute atomic E-state index is 0.0552. The fourth-order valence-corrected chi connectivity index (χ4v) is 2.59. The van der Waals surface area contributed by atoms with Crippen molar-refractivity contribution in [2.24, 2.45) is 0 Å². The maximum Gasteiger partial charge on any atom is 0.416 e. The molecule has 3 aromatic rings. The van der Waals surface area contributed by atoms with Crippen molar-refractivity contribution in [1.29, 1.82) is 0 Å². The first-order valence-corrected chi connectivity index (χ1v) is 7.39. The number of benzene rings is 1. The molecule has 0 saturated carbocycles. The second kappa shape index (κ2) is 5.77. The van der Waals surface area contributed by atoms with Gasteiger partial charge >= 0.3 is 6.18 Å². The third-order valence-corrected chi connectivity index (χ3v) is 3.75. The summed E-state index contributed by atoms with van der Waals surface area (Å²) in [5, 5.41) is 6.70. The summed E-state index contributed by atoms with van der Waals surface area (Å²) in [6.07, 6.45) is -4.58. The van der Waals surface area contributed by atoms with Crippen molar-refractivity contribution in [1.82, 2.24) is 20.2 Å². The molecule has 2 N–H and O–H groups in total. The highest BCUT2D eigenvalue weighted by Gasteiger charge is 2.33. The SMILES string of the molecule is CC(C)c1[nH]nc2c(=O)[nH]c(Cc3ccccc3C(F)(F)F)nc12. The first kappa shape index (κ1) is 16.2. The van der Waals surface area contributed by atoms with Gasteiger partial charge in [-0.25, -0.2) is 4.98 Å². The molecular weight excluding hydrogens is 321 g/mol. The van der Waals surface area contributed by atoms with E-state index in [1.54, 1.807) is 0 Å². The molecule has 24 heavy (non-hydrogen) atoms. The lowest BCUT2D eigenvalue weighted by molar-refractivity contribution is -0.138. The van der Waals surface area contributed by atoms with E-state index in [9.17, 15) is 18.0 Å². The Morgan fingerprint density at radius 2 is 1.88 bits per heavy atom. The topological polar surface area (TPSA) is 74.4 Å². The van der Waals surface area contributed by atoms with Crippen LogP contribution in [0.5, 0.6) is 0 Å². The molecule has 0 saturated heterocycles. The Kier molecular flexibility index (Phi) is 3.90. The molecule has 2 heterocycles. The first-order valence-electron chi connectivity index (χ1n) is 7.39. The van der Waals surface area contributed by atoms with Gasteiger partial charge in [-0.2, -0.15) is 18.3 Å². The molecule has 5 nitrogen and oxygen atoms in total. The molecule has 1 aromatic carbocycles. The average Bonchev–Trinajstić information content (AvgIpc) is 2.91. The van der Waals surface area contributed by atoms with Crippen molar-refractivity contribution in [3.05, 3.63) is 57.3 Å². The summed E-state index contributed by atoms with van der Waals surface area (Å²) in [7, 11) is 0. The van der Waals surface area contributed by atoms with E-state index in [1.807, 2.05) is 13.8 Å². The fraction of sp³-hybridized carbons (Fsp3) is 0.312. The maximum atomic E-state index is 13.1. The Morgan fingerprint density at radius 1 is 1.17 bits per heavy atom. The van der Waals surface area contributed by atoms with Crippen LogP contribution in [-0.4, -0.2) is 20.2 Å². The van der Waals surface area contributed by atoms with Crippen molar-refractivity contribution in [3.63, 3.8) is 0 Å². The van der Waals surface area contributed by atoms with Gasteiger partial charge in [0.05, 0.1) is 11.3 Å². The summed E-state index contributed by atoms with van der Waals surface area (Å²) in [5.41, 5.74) is 0.0926. The van der Waals surface area contributed by atoms with Crippen LogP contribution in [0.1, 0.15) is 42.4 Å². The molecule has 0 bridgehead atoms. The summed E-state index contributed by atoms with van der Waals surface area (Å²) in [6.45, 7) is 3.82. The number of hydrogen-bond acceptors (Lipinski definition) is 3. The number of rotatable bonds is 3. The van der Waals surface area contributed by atoms with E-state index in [1.165, 1.54) is 18.2 Å². The Labute approximate surface area is 134 Å². The number of nitrogens with one attached hydrogen (secondary N) is 2. The summed E-state index contributed by atoms with van der Waals surface area (Å²) < 4.78 is 39.3. The second-order valence-corrected chi connectivity index (χ2v) is 5.83. The van der Waals surface area contributed by atoms with Gasteiger partial charge in [-0.15, -0.1) is 0 Å².